The van der Waals surface area contributed by atoms with Gasteiger partial charge >= 0.3 is 0 Å². The average molecular weight is 254 g/mol. The van der Waals surface area contributed by atoms with Gasteiger partial charge in [0.05, 0.1) is 0 Å². The van der Waals surface area contributed by atoms with Gasteiger partial charge in [-0.1, -0.05) is 0 Å². The molecule has 0 N–H and O–H groups in total. The molecule has 0 spiro atoms. The number of Topliss-reactive ketones (excluding diaryl/α,β-unsaturated/α-hetero) is 1. The number of aromatic nitrogens is 1. The number of hydrogen-bond donors (Lipinski definition) is 0. The first-order chi connectivity index (χ1) is 6.74. The molecule has 74 valence electrons. The summed E-state index contributed by atoms with van der Waals surface area (Å²) in [5, 5.41) is 0. The maximum Gasteiger partial charge on any atom is 0.137 e. The van der Waals surface area contributed by atoms with E-state index in [1.54, 1.807) is 12.4 Å². The summed E-state index contributed by atoms with van der Waals surface area (Å²) in [5.41, 5.74) is 1.00. The van der Waals surface area contributed by atoms with Crippen molar-refractivity contribution in [2.24, 2.45) is 5.92 Å². The van der Waals surface area contributed by atoms with Gasteiger partial charge in [-0.15, -0.1) is 0 Å². The molecule has 0 unspecified atom stereocenters. The monoisotopic (exact) mass is 253 g/mol. The van der Waals surface area contributed by atoms with Gasteiger partial charge in [-0.3, -0.25) is 9.78 Å². The molecule has 0 amide bonds. The van der Waals surface area contributed by atoms with Crippen molar-refractivity contribution < 1.29 is 4.79 Å². The predicted octanol–water partition coefficient (Wildman–Crippen LogP) is 2.76. The van der Waals surface area contributed by atoms with Gasteiger partial charge in [0, 0.05) is 29.7 Å². The van der Waals surface area contributed by atoms with Crippen molar-refractivity contribution in [1.29, 1.82) is 0 Å². The Balaban J connectivity index is 1.92. The second-order valence-corrected chi connectivity index (χ2v) is 4.79. The fourth-order valence-electron chi connectivity index (χ4n) is 1.50. The smallest absolute Gasteiger partial charge is 0.137 e. The van der Waals surface area contributed by atoms with Crippen LogP contribution >= 0.6 is 15.9 Å². The SMILES string of the molecule is O=C(Cc1cncc(Br)c1)CC1CC1. The van der Waals surface area contributed by atoms with Crippen molar-refractivity contribution in [2.45, 2.75) is 25.7 Å². The first-order valence-corrected chi connectivity index (χ1v) is 5.64. The summed E-state index contributed by atoms with van der Waals surface area (Å²) in [7, 11) is 0. The van der Waals surface area contributed by atoms with Gasteiger partial charge in [0.1, 0.15) is 5.78 Å². The van der Waals surface area contributed by atoms with E-state index in [9.17, 15) is 4.79 Å². The van der Waals surface area contributed by atoms with Crippen molar-refractivity contribution >= 4 is 21.7 Å². The van der Waals surface area contributed by atoms with E-state index in [0.29, 0.717) is 18.1 Å². The third-order valence-corrected chi connectivity index (χ3v) is 2.81. The molecular weight excluding hydrogens is 242 g/mol. The molecule has 0 saturated heterocycles. The van der Waals surface area contributed by atoms with Crippen LogP contribution in [-0.2, 0) is 11.2 Å². The third kappa shape index (κ3) is 2.91. The summed E-state index contributed by atoms with van der Waals surface area (Å²) >= 11 is 3.34. The largest absolute Gasteiger partial charge is 0.299 e. The van der Waals surface area contributed by atoms with Crippen LogP contribution < -0.4 is 0 Å². The highest BCUT2D eigenvalue weighted by molar-refractivity contribution is 9.10. The number of halogens is 1. The van der Waals surface area contributed by atoms with Crippen molar-refractivity contribution in [3.63, 3.8) is 0 Å². The summed E-state index contributed by atoms with van der Waals surface area (Å²) in [5.74, 6) is 1.02. The summed E-state index contributed by atoms with van der Waals surface area (Å²) in [6, 6.07) is 1.96. The van der Waals surface area contributed by atoms with Crippen LogP contribution in [0.25, 0.3) is 0 Å². The minimum absolute atomic E-state index is 0.340. The number of carbonyl (C=O) groups is 1. The Morgan fingerprint density at radius 2 is 2.29 bits per heavy atom. The van der Waals surface area contributed by atoms with Gasteiger partial charge in [-0.05, 0) is 46.3 Å². The summed E-state index contributed by atoms with van der Waals surface area (Å²) in [4.78, 5) is 15.6. The van der Waals surface area contributed by atoms with E-state index in [-0.39, 0.29) is 0 Å². The van der Waals surface area contributed by atoms with Crippen LogP contribution in [0, 0.1) is 5.92 Å². The van der Waals surface area contributed by atoms with Crippen molar-refractivity contribution in [2.75, 3.05) is 0 Å². The second-order valence-electron chi connectivity index (χ2n) is 3.87. The highest BCUT2D eigenvalue weighted by atomic mass is 79.9. The molecule has 1 fully saturated rings. The highest BCUT2D eigenvalue weighted by Gasteiger charge is 2.24. The van der Waals surface area contributed by atoms with E-state index in [1.807, 2.05) is 6.07 Å². The number of hydrogen-bond acceptors (Lipinski definition) is 2. The molecule has 3 heteroatoms. The van der Waals surface area contributed by atoms with Gasteiger partial charge in [0.15, 0.2) is 0 Å². The van der Waals surface area contributed by atoms with E-state index in [2.05, 4.69) is 20.9 Å². The first-order valence-electron chi connectivity index (χ1n) is 4.85. The lowest BCUT2D eigenvalue weighted by Gasteiger charge is -2.00. The van der Waals surface area contributed by atoms with E-state index < -0.39 is 0 Å². The lowest BCUT2D eigenvalue weighted by molar-refractivity contribution is -0.118. The molecular formula is C11H12BrNO. The van der Waals surface area contributed by atoms with Gasteiger partial charge in [-0.25, -0.2) is 0 Å². The van der Waals surface area contributed by atoms with Crippen molar-refractivity contribution in [1.82, 2.24) is 4.98 Å². The molecule has 1 aromatic heterocycles. The number of nitrogens with zero attached hydrogens (tertiary/aromatic N) is 1. The summed E-state index contributed by atoms with van der Waals surface area (Å²) in [6.45, 7) is 0. The maximum absolute atomic E-state index is 11.5. The lowest BCUT2D eigenvalue weighted by Crippen LogP contribution is -2.03. The Kier molecular flexibility index (Phi) is 2.96. The molecule has 0 aromatic carbocycles. The number of pyridine rings is 1. The number of carbonyl (C=O) groups excluding carboxylic acids is 1. The van der Waals surface area contributed by atoms with Crippen LogP contribution in [0.1, 0.15) is 24.8 Å². The summed E-state index contributed by atoms with van der Waals surface area (Å²) in [6.07, 6.45) is 7.25. The van der Waals surface area contributed by atoms with Crippen LogP contribution in [0.15, 0.2) is 22.9 Å². The molecule has 1 aliphatic rings. The average Bonchev–Trinajstić information content (AvgIpc) is 2.87. The van der Waals surface area contributed by atoms with Gasteiger partial charge < -0.3 is 0 Å². The molecule has 1 aliphatic carbocycles. The zero-order valence-corrected chi connectivity index (χ0v) is 9.46. The van der Waals surface area contributed by atoms with E-state index in [1.165, 1.54) is 12.8 Å². The molecule has 1 heterocycles. The van der Waals surface area contributed by atoms with E-state index >= 15 is 0 Å². The van der Waals surface area contributed by atoms with E-state index in [4.69, 9.17) is 0 Å². The standard InChI is InChI=1S/C11H12BrNO/c12-10-3-9(6-13-7-10)5-11(14)4-8-1-2-8/h3,6-8H,1-2,4-5H2. The Bertz CT molecular complexity index is 347. The minimum atomic E-state index is 0.340. The quantitative estimate of drug-likeness (QED) is 0.826. The molecule has 1 saturated carbocycles. The molecule has 0 bridgehead atoms. The zero-order chi connectivity index (χ0) is 9.97. The Morgan fingerprint density at radius 1 is 1.50 bits per heavy atom. The van der Waals surface area contributed by atoms with E-state index in [0.717, 1.165) is 16.5 Å². The van der Waals surface area contributed by atoms with Crippen LogP contribution in [0.2, 0.25) is 0 Å². The molecule has 0 aliphatic heterocycles. The van der Waals surface area contributed by atoms with Crippen molar-refractivity contribution in [3.8, 4) is 0 Å². The first kappa shape index (κ1) is 9.84. The molecule has 2 rings (SSSR count). The molecule has 0 atom stereocenters. The Labute approximate surface area is 91.9 Å². The summed E-state index contributed by atoms with van der Waals surface area (Å²) < 4.78 is 0.939. The van der Waals surface area contributed by atoms with Gasteiger partial charge in [-0.2, -0.15) is 0 Å². The normalized spacial score (nSPS) is 15.5. The number of rotatable bonds is 4. The molecule has 0 radical (unpaired) electrons. The number of ketones is 1. The molecule has 1 aromatic rings. The van der Waals surface area contributed by atoms with Crippen LogP contribution in [0.3, 0.4) is 0 Å². The fraction of sp³-hybridized carbons (Fsp3) is 0.455. The minimum Gasteiger partial charge on any atom is -0.299 e. The Hall–Kier alpha value is -0.700. The Morgan fingerprint density at radius 3 is 2.93 bits per heavy atom. The zero-order valence-electron chi connectivity index (χ0n) is 7.87. The highest BCUT2D eigenvalue weighted by Crippen LogP contribution is 2.32. The van der Waals surface area contributed by atoms with Crippen LogP contribution in [-0.4, -0.2) is 10.8 Å². The molecule has 2 nitrogen and oxygen atoms in total. The lowest BCUT2D eigenvalue weighted by atomic mass is 10.1. The second kappa shape index (κ2) is 4.22. The topological polar surface area (TPSA) is 30.0 Å². The van der Waals surface area contributed by atoms with Crippen LogP contribution in [0.5, 0.6) is 0 Å². The van der Waals surface area contributed by atoms with Crippen LogP contribution in [0.4, 0.5) is 0 Å². The maximum atomic E-state index is 11.5. The van der Waals surface area contributed by atoms with Gasteiger partial charge in [0.2, 0.25) is 0 Å². The molecule has 14 heavy (non-hydrogen) atoms. The fourth-order valence-corrected chi connectivity index (χ4v) is 1.91. The van der Waals surface area contributed by atoms with Crippen molar-refractivity contribution in [3.05, 3.63) is 28.5 Å². The third-order valence-electron chi connectivity index (χ3n) is 2.38. The predicted molar refractivity (Wildman–Crippen MR) is 58.0 cm³/mol. The van der Waals surface area contributed by atoms with Gasteiger partial charge in [0.25, 0.3) is 0 Å².